The van der Waals surface area contributed by atoms with Crippen molar-refractivity contribution < 1.29 is 23.9 Å². The van der Waals surface area contributed by atoms with Crippen LogP contribution >= 0.6 is 15.9 Å². The summed E-state index contributed by atoms with van der Waals surface area (Å²) in [5, 5.41) is 16.5. The summed E-state index contributed by atoms with van der Waals surface area (Å²) in [4.78, 5) is 40.6. The second kappa shape index (κ2) is 12.2. The average Bonchev–Trinajstić information content (AvgIpc) is 2.84. The summed E-state index contributed by atoms with van der Waals surface area (Å²) in [7, 11) is 0. The molecule has 1 heterocycles. The van der Waals surface area contributed by atoms with Crippen LogP contribution in [0.5, 0.6) is 11.5 Å². The van der Waals surface area contributed by atoms with Gasteiger partial charge in [0.15, 0.2) is 12.4 Å². The number of carbonyl (C=O) groups is 1. The first-order valence-electron chi connectivity index (χ1n) is 11.3. The molecule has 0 radical (unpaired) electrons. The van der Waals surface area contributed by atoms with Gasteiger partial charge in [-0.05, 0) is 44.5 Å². The molecule has 11 nitrogen and oxygen atoms in total. The number of nitrogens with zero attached hydrogens (tertiary/aromatic N) is 4. The zero-order valence-corrected chi connectivity index (χ0v) is 21.6. The number of fused-ring (bicyclic) bond motifs is 1. The molecule has 2 aromatic carbocycles. The number of halogens is 1. The van der Waals surface area contributed by atoms with Crippen LogP contribution in [0.1, 0.15) is 38.6 Å². The highest BCUT2D eigenvalue weighted by Gasteiger charge is 2.23. The summed E-state index contributed by atoms with van der Waals surface area (Å²) in [6, 6.07) is 7.93. The molecule has 0 saturated carbocycles. The molecular formula is C24H25BrN4O7. The van der Waals surface area contributed by atoms with Gasteiger partial charge in [0, 0.05) is 22.5 Å². The number of benzene rings is 2. The fourth-order valence-corrected chi connectivity index (χ4v) is 3.74. The lowest BCUT2D eigenvalue weighted by atomic mass is 10.2. The Balaban J connectivity index is 2.08. The predicted molar refractivity (Wildman–Crippen MR) is 137 cm³/mol. The number of aryl methyl sites for hydroxylation is 1. The van der Waals surface area contributed by atoms with Crippen LogP contribution in [0.25, 0.3) is 10.9 Å². The van der Waals surface area contributed by atoms with Gasteiger partial charge < -0.3 is 14.2 Å². The van der Waals surface area contributed by atoms with Gasteiger partial charge in [-0.1, -0.05) is 22.9 Å². The van der Waals surface area contributed by atoms with Crippen molar-refractivity contribution >= 4 is 44.7 Å². The molecule has 3 aromatic rings. The molecular weight excluding hydrogens is 536 g/mol. The van der Waals surface area contributed by atoms with Crippen LogP contribution in [-0.4, -0.2) is 46.6 Å². The molecule has 0 spiro atoms. The molecule has 0 N–H and O–H groups in total. The van der Waals surface area contributed by atoms with E-state index in [9.17, 15) is 19.7 Å². The van der Waals surface area contributed by atoms with Gasteiger partial charge in [0.1, 0.15) is 5.82 Å². The molecule has 1 aromatic heterocycles. The highest BCUT2D eigenvalue weighted by Crippen LogP contribution is 2.38. The van der Waals surface area contributed by atoms with Crippen molar-refractivity contribution in [1.29, 1.82) is 0 Å². The molecule has 0 amide bonds. The molecule has 12 heteroatoms. The summed E-state index contributed by atoms with van der Waals surface area (Å²) in [5.74, 6) is -0.354. The maximum absolute atomic E-state index is 13.2. The summed E-state index contributed by atoms with van der Waals surface area (Å²) in [6.07, 6.45) is 2.55. The Labute approximate surface area is 215 Å². The molecule has 36 heavy (non-hydrogen) atoms. The van der Waals surface area contributed by atoms with E-state index < -0.39 is 23.2 Å². The normalized spacial score (nSPS) is 11.1. The maximum atomic E-state index is 13.2. The molecule has 3 rings (SSSR count). The van der Waals surface area contributed by atoms with Gasteiger partial charge in [-0.15, -0.1) is 0 Å². The van der Waals surface area contributed by atoms with Crippen LogP contribution in [0, 0.1) is 10.1 Å². The first-order valence-corrected chi connectivity index (χ1v) is 12.1. The minimum Gasteiger partial charge on any atom is -0.490 e. The number of nitro benzene ring substituents is 1. The molecule has 0 aliphatic carbocycles. The SMILES string of the molecule is CCCc1nc2ccc(Br)cc2c(=O)n1N=Cc1cc(OCC)c(OCC(=O)OCC)c([N+](=O)[O-])c1. The van der Waals surface area contributed by atoms with Gasteiger partial charge in [-0.25, -0.2) is 9.78 Å². The molecule has 0 atom stereocenters. The third-order valence-electron chi connectivity index (χ3n) is 4.87. The van der Waals surface area contributed by atoms with Crippen molar-refractivity contribution in [3.63, 3.8) is 0 Å². The fraction of sp³-hybridized carbons (Fsp3) is 0.333. The lowest BCUT2D eigenvalue weighted by Gasteiger charge is -2.13. The largest absolute Gasteiger partial charge is 0.490 e. The van der Waals surface area contributed by atoms with E-state index in [1.807, 2.05) is 6.92 Å². The van der Waals surface area contributed by atoms with Crippen molar-refractivity contribution in [2.75, 3.05) is 19.8 Å². The van der Waals surface area contributed by atoms with Crippen molar-refractivity contribution in [3.8, 4) is 11.5 Å². The zero-order chi connectivity index (χ0) is 26.2. The second-order valence-corrected chi connectivity index (χ2v) is 8.37. The Morgan fingerprint density at radius 2 is 1.97 bits per heavy atom. The molecule has 0 saturated heterocycles. The predicted octanol–water partition coefficient (Wildman–Crippen LogP) is 4.24. The van der Waals surface area contributed by atoms with Gasteiger partial charge in [0.2, 0.25) is 5.75 Å². The smallest absolute Gasteiger partial charge is 0.344 e. The summed E-state index contributed by atoms with van der Waals surface area (Å²) in [6.45, 7) is 5.13. The van der Waals surface area contributed by atoms with Crippen molar-refractivity contribution in [2.45, 2.75) is 33.6 Å². The number of hydrogen-bond acceptors (Lipinski definition) is 9. The number of hydrogen-bond donors (Lipinski definition) is 0. The fourth-order valence-electron chi connectivity index (χ4n) is 3.38. The highest BCUT2D eigenvalue weighted by molar-refractivity contribution is 9.10. The highest BCUT2D eigenvalue weighted by atomic mass is 79.9. The van der Waals surface area contributed by atoms with E-state index >= 15 is 0 Å². The van der Waals surface area contributed by atoms with Crippen molar-refractivity contribution in [1.82, 2.24) is 9.66 Å². The third kappa shape index (κ3) is 6.25. The van der Waals surface area contributed by atoms with Crippen LogP contribution in [0.2, 0.25) is 0 Å². The zero-order valence-electron chi connectivity index (χ0n) is 20.0. The van der Waals surface area contributed by atoms with E-state index in [4.69, 9.17) is 14.2 Å². The molecule has 0 bridgehead atoms. The molecule has 0 aliphatic rings. The van der Waals surface area contributed by atoms with Gasteiger partial charge in [0.05, 0.1) is 35.3 Å². The van der Waals surface area contributed by atoms with Crippen LogP contribution in [0.15, 0.2) is 44.7 Å². The van der Waals surface area contributed by atoms with Gasteiger partial charge >= 0.3 is 11.7 Å². The Hall–Kier alpha value is -3.80. The van der Waals surface area contributed by atoms with E-state index in [1.54, 1.807) is 32.0 Å². The number of nitro groups is 1. The van der Waals surface area contributed by atoms with E-state index in [0.29, 0.717) is 23.1 Å². The number of rotatable bonds is 11. The lowest BCUT2D eigenvalue weighted by Crippen LogP contribution is -2.22. The Bertz CT molecular complexity index is 1370. The quantitative estimate of drug-likeness (QED) is 0.147. The molecule has 190 valence electrons. The van der Waals surface area contributed by atoms with E-state index in [2.05, 4.69) is 26.0 Å². The second-order valence-electron chi connectivity index (χ2n) is 7.45. The Kier molecular flexibility index (Phi) is 9.12. The summed E-state index contributed by atoms with van der Waals surface area (Å²) >= 11 is 3.36. The van der Waals surface area contributed by atoms with Gasteiger partial charge in [-0.3, -0.25) is 14.9 Å². The number of esters is 1. The maximum Gasteiger partial charge on any atom is 0.344 e. The molecule has 0 unspecified atom stereocenters. The van der Waals surface area contributed by atoms with Crippen LogP contribution < -0.4 is 15.0 Å². The van der Waals surface area contributed by atoms with Gasteiger partial charge in [-0.2, -0.15) is 9.78 Å². The number of carbonyl (C=O) groups excluding carboxylic acids is 1. The van der Waals surface area contributed by atoms with E-state index in [0.717, 1.165) is 10.9 Å². The van der Waals surface area contributed by atoms with Gasteiger partial charge in [0.25, 0.3) is 5.56 Å². The number of aromatic nitrogens is 2. The standard InChI is InChI=1S/C24H25BrN4O7/c1-4-7-21-27-18-9-8-16(25)12-17(18)24(31)28(21)26-13-15-10-19(29(32)33)23(20(11-15)34-5-2)36-14-22(30)35-6-3/h8-13H,4-7,14H2,1-3H3. The summed E-state index contributed by atoms with van der Waals surface area (Å²) in [5.41, 5.74) is 0.0520. The minimum atomic E-state index is -0.668. The first-order chi connectivity index (χ1) is 17.3. The van der Waals surface area contributed by atoms with E-state index in [-0.39, 0.29) is 35.8 Å². The minimum absolute atomic E-state index is 0.0548. The molecule has 0 aliphatic heterocycles. The summed E-state index contributed by atoms with van der Waals surface area (Å²) < 4.78 is 17.7. The van der Waals surface area contributed by atoms with Crippen molar-refractivity contribution in [3.05, 3.63) is 66.7 Å². The van der Waals surface area contributed by atoms with Crippen LogP contribution in [-0.2, 0) is 16.0 Å². The Morgan fingerprint density at radius 3 is 2.64 bits per heavy atom. The van der Waals surface area contributed by atoms with Crippen LogP contribution in [0.4, 0.5) is 5.69 Å². The van der Waals surface area contributed by atoms with E-state index in [1.165, 1.54) is 23.0 Å². The monoisotopic (exact) mass is 560 g/mol. The first kappa shape index (κ1) is 26.8. The lowest BCUT2D eigenvalue weighted by molar-refractivity contribution is -0.385. The Morgan fingerprint density at radius 1 is 1.19 bits per heavy atom. The average molecular weight is 561 g/mol. The molecule has 0 fully saturated rings. The topological polar surface area (TPSA) is 135 Å². The number of ether oxygens (including phenoxy) is 3. The van der Waals surface area contributed by atoms with Crippen LogP contribution in [0.3, 0.4) is 0 Å². The van der Waals surface area contributed by atoms with Crippen molar-refractivity contribution in [2.24, 2.45) is 5.10 Å². The third-order valence-corrected chi connectivity index (χ3v) is 5.36.